The first-order valence-corrected chi connectivity index (χ1v) is 13.7. The molecular formula is C17H14ClN7O7S4. The predicted molar refractivity (Wildman–Crippen MR) is 132 cm³/mol. The zero-order chi connectivity index (χ0) is 26.0. The molecule has 5 N–H and O–H groups in total. The summed E-state index contributed by atoms with van der Waals surface area (Å²) in [4.78, 5) is 58.4. The van der Waals surface area contributed by atoms with Crippen molar-refractivity contribution < 1.29 is 34.2 Å². The summed E-state index contributed by atoms with van der Waals surface area (Å²) in [5, 5.41) is 31.6. The monoisotopic (exact) mass is 591 g/mol. The van der Waals surface area contributed by atoms with Gasteiger partial charge in [0.2, 0.25) is 6.61 Å². The number of anilines is 1. The van der Waals surface area contributed by atoms with E-state index in [1.807, 2.05) is 0 Å². The Balaban J connectivity index is 1.51. The van der Waals surface area contributed by atoms with Crippen LogP contribution < -0.4 is 11.1 Å². The number of carbonyl (C=O) groups excluding carboxylic acids is 2. The van der Waals surface area contributed by atoms with Gasteiger partial charge in [-0.25, -0.2) is 14.6 Å². The van der Waals surface area contributed by atoms with Crippen molar-refractivity contribution in [2.24, 2.45) is 5.16 Å². The second-order valence-electron chi connectivity index (χ2n) is 6.89. The van der Waals surface area contributed by atoms with E-state index in [4.69, 9.17) is 22.4 Å². The van der Waals surface area contributed by atoms with Gasteiger partial charge in [0.1, 0.15) is 32.7 Å². The number of fused-ring (bicyclic) bond motifs is 1. The number of aromatic nitrogens is 3. The minimum absolute atomic E-state index is 0.00241. The minimum Gasteiger partial charge on any atom is -0.479 e. The van der Waals surface area contributed by atoms with Crippen molar-refractivity contribution >= 4 is 92.4 Å². The Kier molecular flexibility index (Phi) is 7.98. The Morgan fingerprint density at radius 3 is 2.78 bits per heavy atom. The third kappa shape index (κ3) is 5.41. The highest BCUT2D eigenvalue weighted by Crippen LogP contribution is 2.41. The average Bonchev–Trinajstić information content (AvgIpc) is 3.46. The van der Waals surface area contributed by atoms with Gasteiger partial charge in [-0.15, -0.1) is 22.0 Å². The van der Waals surface area contributed by atoms with Gasteiger partial charge in [-0.1, -0.05) is 51.2 Å². The molecule has 2 aliphatic rings. The summed E-state index contributed by atoms with van der Waals surface area (Å²) in [7, 11) is 0. The molecule has 0 aliphatic carbocycles. The van der Waals surface area contributed by atoms with E-state index < -0.39 is 47.5 Å². The molecule has 2 aromatic rings. The summed E-state index contributed by atoms with van der Waals surface area (Å²) in [5.41, 5.74) is 6.95. The third-order valence-corrected chi connectivity index (χ3v) is 9.00. The molecule has 36 heavy (non-hydrogen) atoms. The third-order valence-electron chi connectivity index (χ3n) is 4.63. The molecule has 19 heteroatoms. The Hall–Kier alpha value is -2.93. The molecular weight excluding hydrogens is 578 g/mol. The number of amides is 2. The van der Waals surface area contributed by atoms with Crippen LogP contribution in [0.3, 0.4) is 0 Å². The van der Waals surface area contributed by atoms with Gasteiger partial charge >= 0.3 is 11.9 Å². The van der Waals surface area contributed by atoms with Crippen molar-refractivity contribution in [3.63, 3.8) is 0 Å². The largest absolute Gasteiger partial charge is 0.479 e. The Morgan fingerprint density at radius 1 is 1.39 bits per heavy atom. The molecule has 14 nitrogen and oxygen atoms in total. The van der Waals surface area contributed by atoms with Crippen molar-refractivity contribution in [2.75, 3.05) is 23.8 Å². The second-order valence-corrected chi connectivity index (χ2v) is 11.7. The van der Waals surface area contributed by atoms with E-state index in [0.29, 0.717) is 21.4 Å². The summed E-state index contributed by atoms with van der Waals surface area (Å²) in [6.45, 7) is -0.840. The zero-order valence-corrected chi connectivity index (χ0v) is 21.6. The molecule has 1 unspecified atom stereocenters. The number of carbonyl (C=O) groups is 4. The van der Waals surface area contributed by atoms with Crippen molar-refractivity contribution in [2.45, 2.75) is 15.8 Å². The highest BCUT2D eigenvalue weighted by atomic mass is 35.5. The van der Waals surface area contributed by atoms with Gasteiger partial charge in [0, 0.05) is 11.5 Å². The molecule has 4 heterocycles. The maximum atomic E-state index is 13.0. The van der Waals surface area contributed by atoms with Gasteiger partial charge < -0.3 is 26.1 Å². The van der Waals surface area contributed by atoms with E-state index in [9.17, 15) is 24.3 Å². The lowest BCUT2D eigenvalue weighted by atomic mass is 10.0. The minimum atomic E-state index is -1.33. The van der Waals surface area contributed by atoms with Crippen LogP contribution in [-0.2, 0) is 24.0 Å². The van der Waals surface area contributed by atoms with Crippen LogP contribution in [0.1, 0.15) is 5.69 Å². The lowest BCUT2D eigenvalue weighted by Crippen LogP contribution is -2.71. The Labute approximate surface area is 222 Å². The number of β-lactam (4-membered cyclic amide) rings is 1. The van der Waals surface area contributed by atoms with E-state index in [0.717, 1.165) is 16.2 Å². The fraction of sp³-hybridized carbons (Fsp3) is 0.294. The van der Waals surface area contributed by atoms with Crippen molar-refractivity contribution in [1.29, 1.82) is 0 Å². The molecule has 2 aliphatic heterocycles. The van der Waals surface area contributed by atoms with E-state index in [1.54, 1.807) is 5.51 Å². The molecule has 4 rings (SSSR count). The summed E-state index contributed by atoms with van der Waals surface area (Å²) in [6.07, 6.45) is 0. The standard InChI is InChI=1S/C17H14ClN7O7S4/c18-11-7(22-16(19)36-11)8(24-32-1-6(26)27)12(28)21-9-13(29)25-10(15(30)31)5(2-33-14(9)25)3-34-17-23-20-4-35-17/h4,9,14H,1-3H2,(H2,19,22)(H,21,28)(H,26,27)(H,30,31)/t9?,14-/m1/s1. The molecule has 2 amide bonds. The van der Waals surface area contributed by atoms with E-state index in [1.165, 1.54) is 34.9 Å². The average molecular weight is 592 g/mol. The molecule has 1 fully saturated rings. The first-order valence-electron chi connectivity index (χ1n) is 9.61. The number of carboxylic acids is 2. The van der Waals surface area contributed by atoms with Crippen LogP contribution in [0.4, 0.5) is 5.13 Å². The number of nitrogens with one attached hydrogen (secondary N) is 1. The Morgan fingerprint density at radius 2 is 2.17 bits per heavy atom. The molecule has 0 spiro atoms. The summed E-state index contributed by atoms with van der Waals surface area (Å²) < 4.78 is 0.667. The first kappa shape index (κ1) is 26.1. The van der Waals surface area contributed by atoms with Crippen molar-refractivity contribution in [1.82, 2.24) is 25.4 Å². The van der Waals surface area contributed by atoms with Crippen LogP contribution in [0.5, 0.6) is 0 Å². The van der Waals surface area contributed by atoms with Crippen LogP contribution in [0, 0.1) is 0 Å². The second kappa shape index (κ2) is 11.0. The number of aliphatic carboxylic acids is 2. The number of rotatable bonds is 10. The number of hydrogen-bond acceptors (Lipinski definition) is 14. The van der Waals surface area contributed by atoms with Gasteiger partial charge in [-0.2, -0.15) is 0 Å². The highest BCUT2D eigenvalue weighted by Gasteiger charge is 2.54. The molecule has 1 saturated heterocycles. The van der Waals surface area contributed by atoms with Gasteiger partial charge in [0.15, 0.2) is 15.2 Å². The number of oxime groups is 1. The maximum Gasteiger partial charge on any atom is 0.352 e. The van der Waals surface area contributed by atoms with E-state index >= 15 is 0 Å². The smallest absolute Gasteiger partial charge is 0.352 e. The van der Waals surface area contributed by atoms with E-state index in [-0.39, 0.29) is 20.9 Å². The van der Waals surface area contributed by atoms with E-state index in [2.05, 4.69) is 30.5 Å². The molecule has 190 valence electrons. The van der Waals surface area contributed by atoms with Gasteiger partial charge in [0.25, 0.3) is 11.8 Å². The lowest BCUT2D eigenvalue weighted by Gasteiger charge is -2.49. The molecule has 2 atom stereocenters. The number of thioether (sulfide) groups is 2. The number of halogens is 1. The number of nitrogens with zero attached hydrogens (tertiary/aromatic N) is 5. The van der Waals surface area contributed by atoms with Crippen LogP contribution >= 0.6 is 57.8 Å². The number of nitrogen functional groups attached to an aromatic ring is 1. The van der Waals surface area contributed by atoms with Crippen LogP contribution in [0.25, 0.3) is 0 Å². The highest BCUT2D eigenvalue weighted by molar-refractivity contribution is 8.01. The fourth-order valence-electron chi connectivity index (χ4n) is 3.19. The van der Waals surface area contributed by atoms with Crippen molar-refractivity contribution in [3.05, 3.63) is 26.8 Å². The van der Waals surface area contributed by atoms with Gasteiger partial charge in [-0.05, 0) is 5.57 Å². The summed E-state index contributed by atoms with van der Waals surface area (Å²) in [5.74, 6) is -3.54. The van der Waals surface area contributed by atoms with Crippen molar-refractivity contribution in [3.8, 4) is 0 Å². The lowest BCUT2D eigenvalue weighted by molar-refractivity contribution is -0.150. The normalized spacial score (nSPS) is 19.5. The SMILES string of the molecule is Nc1nc(C(=NOCC(=O)O)C(=O)NC2C(=O)N3C(C(=O)O)=C(CSc4nncs4)CS[C@H]23)c(Cl)s1. The van der Waals surface area contributed by atoms with Crippen LogP contribution in [-0.4, -0.2) is 89.3 Å². The number of carboxylic acid groups (broad SMARTS) is 2. The summed E-state index contributed by atoms with van der Waals surface area (Å²) in [6, 6.07) is -1.08. The molecule has 0 aromatic carbocycles. The Bertz CT molecular complexity index is 1280. The van der Waals surface area contributed by atoms with Crippen LogP contribution in [0.2, 0.25) is 4.34 Å². The fourth-order valence-corrected chi connectivity index (χ4v) is 7.09. The summed E-state index contributed by atoms with van der Waals surface area (Å²) >= 11 is 10.8. The first-order chi connectivity index (χ1) is 17.2. The molecule has 2 aromatic heterocycles. The maximum absolute atomic E-state index is 13.0. The molecule has 0 bridgehead atoms. The zero-order valence-electron chi connectivity index (χ0n) is 17.6. The number of hydrogen-bond donors (Lipinski definition) is 4. The van der Waals surface area contributed by atoms with Gasteiger partial charge in [-0.3, -0.25) is 14.5 Å². The molecule has 0 radical (unpaired) electrons. The number of thiazole rings is 1. The number of nitrogens with two attached hydrogens (primary N) is 1. The predicted octanol–water partition coefficient (Wildman–Crippen LogP) is 0.566. The topological polar surface area (TPSA) is 210 Å². The van der Waals surface area contributed by atoms with Gasteiger partial charge in [0.05, 0.1) is 0 Å². The molecule has 0 saturated carbocycles. The quantitative estimate of drug-likeness (QED) is 0.129. The van der Waals surface area contributed by atoms with Crippen LogP contribution in [0.15, 0.2) is 26.3 Å².